The summed E-state index contributed by atoms with van der Waals surface area (Å²) in [7, 11) is 0. The van der Waals surface area contributed by atoms with Gasteiger partial charge < -0.3 is 4.90 Å². The van der Waals surface area contributed by atoms with Gasteiger partial charge in [0.25, 0.3) is 0 Å². The van der Waals surface area contributed by atoms with E-state index in [0.717, 1.165) is 37.2 Å². The second-order valence-electron chi connectivity index (χ2n) is 5.07. The number of halogens is 1. The molecule has 0 aromatic heterocycles. The average Bonchev–Trinajstić information content (AvgIpc) is 2.57. The van der Waals surface area contributed by atoms with Gasteiger partial charge in [-0.05, 0) is 31.1 Å². The summed E-state index contributed by atoms with van der Waals surface area (Å²) < 4.78 is 0. The smallest absolute Gasteiger partial charge is 0.222 e. The van der Waals surface area contributed by atoms with Gasteiger partial charge >= 0.3 is 0 Å². The van der Waals surface area contributed by atoms with Gasteiger partial charge in [0.1, 0.15) is 0 Å². The molecule has 0 bridgehead atoms. The normalized spacial score (nSPS) is 22.8. The summed E-state index contributed by atoms with van der Waals surface area (Å²) >= 11 is 3.46. The fraction of sp³-hybridized carbons (Fsp3) is 0.923. The Balaban J connectivity index is 2.24. The lowest BCUT2D eigenvalue weighted by Crippen LogP contribution is -2.27. The zero-order chi connectivity index (χ0) is 12.0. The van der Waals surface area contributed by atoms with E-state index in [2.05, 4.69) is 34.7 Å². The first-order valence-electron chi connectivity index (χ1n) is 6.51. The van der Waals surface area contributed by atoms with Gasteiger partial charge in [0, 0.05) is 24.8 Å². The number of likely N-dealkylation sites (tertiary alicyclic amines) is 1. The minimum absolute atomic E-state index is 0.379. The van der Waals surface area contributed by atoms with Crippen LogP contribution in [0.5, 0.6) is 0 Å². The highest BCUT2D eigenvalue weighted by atomic mass is 79.9. The molecular weight excluding hydrogens is 266 g/mol. The van der Waals surface area contributed by atoms with Crippen molar-refractivity contribution in [2.45, 2.75) is 46.0 Å². The maximum Gasteiger partial charge on any atom is 0.222 e. The predicted octanol–water partition coefficient (Wildman–Crippen LogP) is 3.45. The molecule has 2 unspecified atom stereocenters. The molecule has 0 aromatic carbocycles. The Labute approximate surface area is 108 Å². The third-order valence-electron chi connectivity index (χ3n) is 3.49. The molecule has 0 aromatic rings. The van der Waals surface area contributed by atoms with Gasteiger partial charge in [-0.3, -0.25) is 4.79 Å². The zero-order valence-electron chi connectivity index (χ0n) is 10.5. The highest BCUT2D eigenvalue weighted by molar-refractivity contribution is 9.09. The molecule has 1 saturated heterocycles. The second kappa shape index (κ2) is 7.31. The van der Waals surface area contributed by atoms with Crippen LogP contribution in [0.15, 0.2) is 0 Å². The number of rotatable bonds is 7. The lowest BCUT2D eigenvalue weighted by molar-refractivity contribution is -0.127. The van der Waals surface area contributed by atoms with Crippen LogP contribution in [0.1, 0.15) is 46.0 Å². The SMILES string of the molecule is CCCC1CC(=O)N(CCC(C)CCBr)C1. The van der Waals surface area contributed by atoms with Crippen LogP contribution >= 0.6 is 15.9 Å². The zero-order valence-corrected chi connectivity index (χ0v) is 12.1. The molecular formula is C13H24BrNO. The molecule has 1 aliphatic heterocycles. The minimum Gasteiger partial charge on any atom is -0.342 e. The van der Waals surface area contributed by atoms with Gasteiger partial charge in [-0.2, -0.15) is 0 Å². The van der Waals surface area contributed by atoms with Crippen molar-refractivity contribution >= 4 is 21.8 Å². The average molecular weight is 290 g/mol. The van der Waals surface area contributed by atoms with E-state index in [-0.39, 0.29) is 0 Å². The summed E-state index contributed by atoms with van der Waals surface area (Å²) in [6.45, 7) is 6.44. The maximum atomic E-state index is 11.7. The van der Waals surface area contributed by atoms with Crippen LogP contribution in [0.2, 0.25) is 0 Å². The number of carbonyl (C=O) groups is 1. The lowest BCUT2D eigenvalue weighted by atomic mass is 10.0. The van der Waals surface area contributed by atoms with Gasteiger partial charge in [0.2, 0.25) is 5.91 Å². The highest BCUT2D eigenvalue weighted by Gasteiger charge is 2.28. The molecule has 1 fully saturated rings. The number of hydrogen-bond acceptors (Lipinski definition) is 1. The fourth-order valence-electron chi connectivity index (χ4n) is 2.38. The Bertz CT molecular complexity index is 220. The van der Waals surface area contributed by atoms with Gasteiger partial charge in [-0.15, -0.1) is 0 Å². The second-order valence-corrected chi connectivity index (χ2v) is 5.86. The molecule has 1 amide bonds. The molecule has 1 rings (SSSR count). The molecule has 0 radical (unpaired) electrons. The molecule has 1 heterocycles. The first kappa shape index (κ1) is 14.0. The van der Waals surface area contributed by atoms with Crippen LogP contribution in [-0.4, -0.2) is 29.2 Å². The van der Waals surface area contributed by atoms with E-state index < -0.39 is 0 Å². The number of nitrogens with zero attached hydrogens (tertiary/aromatic N) is 1. The Morgan fingerprint density at radius 3 is 2.88 bits per heavy atom. The van der Waals surface area contributed by atoms with Crippen molar-refractivity contribution in [3.05, 3.63) is 0 Å². The van der Waals surface area contributed by atoms with E-state index >= 15 is 0 Å². The minimum atomic E-state index is 0.379. The topological polar surface area (TPSA) is 20.3 Å². The van der Waals surface area contributed by atoms with Gasteiger partial charge in [-0.1, -0.05) is 36.2 Å². The molecule has 3 heteroatoms. The monoisotopic (exact) mass is 289 g/mol. The maximum absolute atomic E-state index is 11.7. The van der Waals surface area contributed by atoms with Crippen molar-refractivity contribution in [2.24, 2.45) is 11.8 Å². The van der Waals surface area contributed by atoms with Crippen LogP contribution in [0.3, 0.4) is 0 Å². The van der Waals surface area contributed by atoms with Crippen molar-refractivity contribution in [3.63, 3.8) is 0 Å². The standard InChI is InChI=1S/C13H24BrNO/c1-3-4-12-9-13(16)15(10-12)8-6-11(2)5-7-14/h11-12H,3-10H2,1-2H3. The van der Waals surface area contributed by atoms with Gasteiger partial charge in [0.15, 0.2) is 0 Å². The van der Waals surface area contributed by atoms with Crippen LogP contribution in [0, 0.1) is 11.8 Å². The summed E-state index contributed by atoms with van der Waals surface area (Å²) in [5, 5.41) is 1.07. The van der Waals surface area contributed by atoms with Crippen LogP contribution in [0.4, 0.5) is 0 Å². The Kier molecular flexibility index (Phi) is 6.40. The van der Waals surface area contributed by atoms with E-state index in [1.54, 1.807) is 0 Å². The van der Waals surface area contributed by atoms with E-state index in [1.807, 2.05) is 0 Å². The molecule has 0 N–H and O–H groups in total. The molecule has 2 nitrogen and oxygen atoms in total. The Morgan fingerprint density at radius 2 is 2.25 bits per heavy atom. The molecule has 0 spiro atoms. The molecule has 0 aliphatic carbocycles. The third kappa shape index (κ3) is 4.44. The highest BCUT2D eigenvalue weighted by Crippen LogP contribution is 2.23. The summed E-state index contributed by atoms with van der Waals surface area (Å²) in [4.78, 5) is 13.8. The van der Waals surface area contributed by atoms with E-state index in [4.69, 9.17) is 0 Å². The summed E-state index contributed by atoms with van der Waals surface area (Å²) in [6, 6.07) is 0. The van der Waals surface area contributed by atoms with Crippen molar-refractivity contribution in [2.75, 3.05) is 18.4 Å². The Morgan fingerprint density at radius 1 is 1.50 bits per heavy atom. The van der Waals surface area contributed by atoms with Gasteiger partial charge in [-0.25, -0.2) is 0 Å². The number of amides is 1. The van der Waals surface area contributed by atoms with Crippen LogP contribution < -0.4 is 0 Å². The van der Waals surface area contributed by atoms with Gasteiger partial charge in [0.05, 0.1) is 0 Å². The van der Waals surface area contributed by atoms with Crippen molar-refractivity contribution in [1.82, 2.24) is 4.90 Å². The van der Waals surface area contributed by atoms with Crippen molar-refractivity contribution in [3.8, 4) is 0 Å². The van der Waals surface area contributed by atoms with Crippen molar-refractivity contribution < 1.29 is 4.79 Å². The van der Waals surface area contributed by atoms with E-state index in [1.165, 1.54) is 19.3 Å². The third-order valence-corrected chi connectivity index (χ3v) is 3.94. The lowest BCUT2D eigenvalue weighted by Gasteiger charge is -2.19. The molecule has 94 valence electrons. The van der Waals surface area contributed by atoms with E-state index in [0.29, 0.717) is 11.8 Å². The first-order chi connectivity index (χ1) is 7.67. The number of hydrogen-bond donors (Lipinski definition) is 0. The molecule has 0 saturated carbocycles. The quantitative estimate of drug-likeness (QED) is 0.658. The molecule has 16 heavy (non-hydrogen) atoms. The molecule has 2 atom stereocenters. The van der Waals surface area contributed by atoms with E-state index in [9.17, 15) is 4.79 Å². The van der Waals surface area contributed by atoms with Crippen LogP contribution in [0.25, 0.3) is 0 Å². The first-order valence-corrected chi connectivity index (χ1v) is 7.63. The summed E-state index contributed by atoms with van der Waals surface area (Å²) in [6.07, 6.45) is 5.56. The summed E-state index contributed by atoms with van der Waals surface area (Å²) in [5.41, 5.74) is 0. The predicted molar refractivity (Wildman–Crippen MR) is 71.8 cm³/mol. The Hall–Kier alpha value is -0.0500. The fourth-order valence-corrected chi connectivity index (χ4v) is 3.16. The number of carbonyl (C=O) groups excluding carboxylic acids is 1. The van der Waals surface area contributed by atoms with Crippen LogP contribution in [-0.2, 0) is 4.79 Å². The van der Waals surface area contributed by atoms with Crippen molar-refractivity contribution in [1.29, 1.82) is 0 Å². The molecule has 1 aliphatic rings. The largest absolute Gasteiger partial charge is 0.342 e. The summed E-state index contributed by atoms with van der Waals surface area (Å²) in [5.74, 6) is 1.73. The number of alkyl halides is 1.